The fourth-order valence-electron chi connectivity index (χ4n) is 6.36. The number of carbonyl (C=O) groups is 3. The van der Waals surface area contributed by atoms with Gasteiger partial charge in [0.1, 0.15) is 17.4 Å². The molecule has 9 nitrogen and oxygen atoms in total. The second kappa shape index (κ2) is 10.8. The first kappa shape index (κ1) is 26.4. The van der Waals surface area contributed by atoms with Crippen LogP contribution in [0.4, 0.5) is 5.69 Å². The summed E-state index contributed by atoms with van der Waals surface area (Å²) in [6.45, 7) is 4.98. The number of carbonyl (C=O) groups excluding carboxylic acids is 3. The molecule has 5 atom stereocenters. The van der Waals surface area contributed by atoms with E-state index in [1.165, 1.54) is 0 Å². The molecule has 4 rings (SSSR count). The highest BCUT2D eigenvalue weighted by atomic mass is 16.5. The molecular weight excluding hydrogens is 462 g/mol. The molecule has 3 amide bonds. The van der Waals surface area contributed by atoms with Crippen molar-refractivity contribution in [2.75, 3.05) is 32.1 Å². The molecule has 0 saturated carbocycles. The minimum atomic E-state index is -1.03. The van der Waals surface area contributed by atoms with E-state index in [0.717, 1.165) is 19.3 Å². The number of benzene rings is 1. The first-order valence-corrected chi connectivity index (χ1v) is 13.2. The number of aliphatic hydroxyl groups is 1. The predicted octanol–water partition coefficient (Wildman–Crippen LogP) is 2.48. The Hall–Kier alpha value is -2.65. The van der Waals surface area contributed by atoms with Crippen LogP contribution in [0.2, 0.25) is 0 Å². The highest BCUT2D eigenvalue weighted by Crippen LogP contribution is 2.63. The number of nitrogens with zero attached hydrogens (tertiary/aromatic N) is 1. The van der Waals surface area contributed by atoms with E-state index in [1.807, 2.05) is 13.8 Å². The molecule has 36 heavy (non-hydrogen) atoms. The average molecular weight is 502 g/mol. The van der Waals surface area contributed by atoms with Crippen molar-refractivity contribution in [1.82, 2.24) is 10.2 Å². The van der Waals surface area contributed by atoms with Crippen LogP contribution < -0.4 is 15.4 Å². The standard InChI is InChI=1S/C27H39N3O6/c1-4-15-28-23(32)20-21-25(34)30(16-7-5-6-8-17-31)22(27(21)14-13-26(20,2)36-27)24(33)29-18-9-11-19(35-3)12-10-18/h9-12,20-22,31H,4-8,13-17H2,1-3H3,(H,28,32)(H,29,33)/t20-,21-,22?,26+,27?/m0/s1. The third-order valence-electron chi connectivity index (χ3n) is 8.02. The molecule has 3 aliphatic heterocycles. The number of rotatable bonds is 12. The van der Waals surface area contributed by atoms with Crippen molar-refractivity contribution in [2.45, 2.75) is 76.0 Å². The number of likely N-dealkylation sites (tertiary alicyclic amines) is 1. The normalized spacial score (nSPS) is 30.4. The Morgan fingerprint density at radius 3 is 2.53 bits per heavy atom. The summed E-state index contributed by atoms with van der Waals surface area (Å²) in [6.07, 6.45) is 5.09. The van der Waals surface area contributed by atoms with E-state index in [2.05, 4.69) is 10.6 Å². The number of hydrogen-bond acceptors (Lipinski definition) is 6. The summed E-state index contributed by atoms with van der Waals surface area (Å²) in [5.41, 5.74) is -1.20. The maximum absolute atomic E-state index is 13.9. The molecule has 0 aliphatic carbocycles. The third-order valence-corrected chi connectivity index (χ3v) is 8.02. The molecule has 2 unspecified atom stereocenters. The average Bonchev–Trinajstić information content (AvgIpc) is 3.43. The van der Waals surface area contributed by atoms with Crippen LogP contribution in [-0.4, -0.2) is 71.8 Å². The number of nitrogens with one attached hydrogen (secondary N) is 2. The zero-order valence-corrected chi connectivity index (χ0v) is 21.5. The Bertz CT molecular complexity index is 969. The van der Waals surface area contributed by atoms with Crippen LogP contribution in [0.15, 0.2) is 24.3 Å². The number of amides is 3. The topological polar surface area (TPSA) is 117 Å². The fraction of sp³-hybridized carbons (Fsp3) is 0.667. The van der Waals surface area contributed by atoms with Gasteiger partial charge < -0.3 is 30.1 Å². The lowest BCUT2D eigenvalue weighted by molar-refractivity contribution is -0.144. The first-order chi connectivity index (χ1) is 17.3. The minimum absolute atomic E-state index is 0.141. The summed E-state index contributed by atoms with van der Waals surface area (Å²) in [5.74, 6) is -1.27. The van der Waals surface area contributed by atoms with Gasteiger partial charge in [-0.1, -0.05) is 19.8 Å². The van der Waals surface area contributed by atoms with Crippen LogP contribution in [0, 0.1) is 11.8 Å². The number of fused-ring (bicyclic) bond motifs is 1. The molecule has 0 radical (unpaired) electrons. The number of unbranched alkanes of at least 4 members (excludes halogenated alkanes) is 3. The molecule has 198 valence electrons. The van der Waals surface area contributed by atoms with Gasteiger partial charge in [-0.2, -0.15) is 0 Å². The largest absolute Gasteiger partial charge is 0.497 e. The fourth-order valence-corrected chi connectivity index (χ4v) is 6.36. The van der Waals surface area contributed by atoms with Crippen LogP contribution in [0.25, 0.3) is 0 Å². The molecule has 1 aromatic carbocycles. The van der Waals surface area contributed by atoms with Gasteiger partial charge in [0, 0.05) is 25.4 Å². The molecule has 2 bridgehead atoms. The van der Waals surface area contributed by atoms with Crippen LogP contribution in [0.3, 0.4) is 0 Å². The summed E-state index contributed by atoms with van der Waals surface area (Å²) in [7, 11) is 1.58. The Kier molecular flexibility index (Phi) is 7.90. The SMILES string of the molecule is CCCNC(=O)[C@@H]1[C@H]2C(=O)N(CCCCCCO)C(C(=O)Nc3ccc(OC)cc3)C23CC[C@@]1(C)O3. The molecule has 0 aromatic heterocycles. The summed E-state index contributed by atoms with van der Waals surface area (Å²) in [6, 6.07) is 6.24. The monoisotopic (exact) mass is 501 g/mol. The maximum atomic E-state index is 13.9. The van der Waals surface area contributed by atoms with E-state index >= 15 is 0 Å². The zero-order chi connectivity index (χ0) is 25.9. The zero-order valence-electron chi connectivity index (χ0n) is 21.5. The molecule has 3 aliphatic rings. The van der Waals surface area contributed by atoms with Crippen molar-refractivity contribution in [2.24, 2.45) is 11.8 Å². The maximum Gasteiger partial charge on any atom is 0.250 e. The van der Waals surface area contributed by atoms with Gasteiger partial charge in [-0.15, -0.1) is 0 Å². The van der Waals surface area contributed by atoms with E-state index in [1.54, 1.807) is 36.3 Å². The Morgan fingerprint density at radius 1 is 1.14 bits per heavy atom. The molecule has 1 aromatic rings. The van der Waals surface area contributed by atoms with Gasteiger partial charge in [0.25, 0.3) is 0 Å². The highest BCUT2D eigenvalue weighted by molar-refractivity contribution is 6.03. The van der Waals surface area contributed by atoms with E-state index in [9.17, 15) is 14.4 Å². The summed E-state index contributed by atoms with van der Waals surface area (Å²) < 4.78 is 11.8. The number of ether oxygens (including phenoxy) is 2. The lowest BCUT2D eigenvalue weighted by atomic mass is 9.66. The Morgan fingerprint density at radius 2 is 1.86 bits per heavy atom. The molecular formula is C27H39N3O6. The lowest BCUT2D eigenvalue weighted by Gasteiger charge is -2.33. The van der Waals surface area contributed by atoms with E-state index < -0.39 is 29.1 Å². The molecule has 3 heterocycles. The van der Waals surface area contributed by atoms with Crippen LogP contribution in [-0.2, 0) is 19.1 Å². The van der Waals surface area contributed by atoms with E-state index in [0.29, 0.717) is 50.2 Å². The van der Waals surface area contributed by atoms with Gasteiger partial charge in [0.15, 0.2) is 0 Å². The van der Waals surface area contributed by atoms with E-state index in [-0.39, 0.29) is 24.3 Å². The van der Waals surface area contributed by atoms with Crippen LogP contribution in [0.1, 0.15) is 58.8 Å². The predicted molar refractivity (Wildman–Crippen MR) is 134 cm³/mol. The van der Waals surface area contributed by atoms with Crippen molar-refractivity contribution in [3.63, 3.8) is 0 Å². The van der Waals surface area contributed by atoms with Gasteiger partial charge >= 0.3 is 0 Å². The molecule has 1 spiro atoms. The quantitative estimate of drug-likeness (QED) is 0.379. The van der Waals surface area contributed by atoms with Gasteiger partial charge in [-0.25, -0.2) is 0 Å². The second-order valence-electron chi connectivity index (χ2n) is 10.4. The van der Waals surface area contributed by atoms with E-state index in [4.69, 9.17) is 14.6 Å². The van der Waals surface area contributed by atoms with Gasteiger partial charge in [-0.05, 0) is 63.3 Å². The summed E-state index contributed by atoms with van der Waals surface area (Å²) in [5, 5.41) is 15.0. The molecule has 3 saturated heterocycles. The lowest BCUT2D eigenvalue weighted by Crippen LogP contribution is -2.53. The van der Waals surface area contributed by atoms with Crippen molar-refractivity contribution in [3.8, 4) is 5.75 Å². The Labute approximate surface area is 212 Å². The summed E-state index contributed by atoms with van der Waals surface area (Å²) in [4.78, 5) is 42.6. The van der Waals surface area contributed by atoms with Crippen LogP contribution >= 0.6 is 0 Å². The van der Waals surface area contributed by atoms with Crippen molar-refractivity contribution < 1.29 is 29.0 Å². The number of anilines is 1. The van der Waals surface area contributed by atoms with Gasteiger partial charge in [-0.3, -0.25) is 14.4 Å². The highest BCUT2D eigenvalue weighted by Gasteiger charge is 2.77. The number of methoxy groups -OCH3 is 1. The smallest absolute Gasteiger partial charge is 0.250 e. The molecule has 9 heteroatoms. The van der Waals surface area contributed by atoms with Crippen molar-refractivity contribution in [3.05, 3.63) is 24.3 Å². The van der Waals surface area contributed by atoms with Gasteiger partial charge in [0.05, 0.1) is 24.5 Å². The first-order valence-electron chi connectivity index (χ1n) is 13.2. The van der Waals surface area contributed by atoms with Gasteiger partial charge in [0.2, 0.25) is 17.7 Å². The van der Waals surface area contributed by atoms with Crippen molar-refractivity contribution in [1.29, 1.82) is 0 Å². The van der Waals surface area contributed by atoms with Crippen molar-refractivity contribution >= 4 is 23.4 Å². The number of aliphatic hydroxyl groups excluding tert-OH is 1. The van der Waals surface area contributed by atoms with Crippen LogP contribution in [0.5, 0.6) is 5.75 Å². The third kappa shape index (κ3) is 4.59. The second-order valence-corrected chi connectivity index (χ2v) is 10.4. The molecule has 3 fully saturated rings. The minimum Gasteiger partial charge on any atom is -0.497 e. The molecule has 3 N–H and O–H groups in total. The number of hydrogen-bond donors (Lipinski definition) is 3. The summed E-state index contributed by atoms with van der Waals surface area (Å²) >= 11 is 0. The Balaban J connectivity index is 1.62.